The zero-order chi connectivity index (χ0) is 14.1. The Morgan fingerprint density at radius 3 is 1.72 bits per heavy atom. The van der Waals surface area contributed by atoms with Crippen molar-refractivity contribution in [3.8, 4) is 0 Å². The van der Waals surface area contributed by atoms with Crippen LogP contribution in [-0.2, 0) is 5.41 Å². The molecular weight excluding hydrogens is 220 g/mol. The van der Waals surface area contributed by atoms with Crippen molar-refractivity contribution in [2.75, 3.05) is 0 Å². The van der Waals surface area contributed by atoms with Crippen LogP contribution in [-0.4, -0.2) is 5.78 Å². The Bertz CT molecular complexity index is 416. The van der Waals surface area contributed by atoms with Crippen LogP contribution in [0.5, 0.6) is 0 Å². The molecule has 0 bridgehead atoms. The fourth-order valence-corrected chi connectivity index (χ4v) is 1.76. The summed E-state index contributed by atoms with van der Waals surface area (Å²) in [5, 5.41) is 0. The van der Waals surface area contributed by atoms with Crippen molar-refractivity contribution in [1.29, 1.82) is 0 Å². The maximum atomic E-state index is 12.5. The number of benzene rings is 1. The van der Waals surface area contributed by atoms with E-state index in [1.807, 2.05) is 26.0 Å². The molecule has 1 aromatic carbocycles. The summed E-state index contributed by atoms with van der Waals surface area (Å²) < 4.78 is 0. The summed E-state index contributed by atoms with van der Waals surface area (Å²) in [5.74, 6) is 0.574. The number of ketones is 1. The Morgan fingerprint density at radius 1 is 0.944 bits per heavy atom. The van der Waals surface area contributed by atoms with Crippen LogP contribution in [0.4, 0.5) is 0 Å². The smallest absolute Gasteiger partial charge is 0.168 e. The monoisotopic (exact) mass is 246 g/mol. The lowest BCUT2D eigenvalue weighted by atomic mass is 9.75. The molecule has 0 aliphatic rings. The van der Waals surface area contributed by atoms with Crippen molar-refractivity contribution in [3.05, 3.63) is 35.4 Å². The third kappa shape index (κ3) is 3.01. The van der Waals surface area contributed by atoms with Crippen molar-refractivity contribution in [3.63, 3.8) is 0 Å². The van der Waals surface area contributed by atoms with Crippen LogP contribution in [0.25, 0.3) is 0 Å². The molecule has 0 aromatic heterocycles. The molecule has 0 atom stereocenters. The minimum Gasteiger partial charge on any atom is -0.294 e. The summed E-state index contributed by atoms with van der Waals surface area (Å²) in [4.78, 5) is 12.5. The molecule has 0 fully saturated rings. The molecule has 0 unspecified atom stereocenters. The molecule has 0 saturated heterocycles. The quantitative estimate of drug-likeness (QED) is 0.697. The van der Waals surface area contributed by atoms with E-state index < -0.39 is 0 Å². The Kier molecular flexibility index (Phi) is 4.05. The molecule has 0 aliphatic carbocycles. The van der Waals surface area contributed by atoms with E-state index in [4.69, 9.17) is 0 Å². The highest BCUT2D eigenvalue weighted by Gasteiger charge is 2.31. The minimum atomic E-state index is -0.302. The van der Waals surface area contributed by atoms with Gasteiger partial charge in [0.15, 0.2) is 5.78 Å². The highest BCUT2D eigenvalue weighted by Crippen LogP contribution is 2.31. The van der Waals surface area contributed by atoms with E-state index in [1.165, 1.54) is 5.56 Å². The molecule has 1 aromatic rings. The Balaban J connectivity index is 3.03. The summed E-state index contributed by atoms with van der Waals surface area (Å²) >= 11 is 0. The van der Waals surface area contributed by atoms with Crippen LogP contribution >= 0.6 is 0 Å². The molecule has 0 saturated carbocycles. The van der Waals surface area contributed by atoms with Gasteiger partial charge in [0.2, 0.25) is 0 Å². The van der Waals surface area contributed by atoms with Crippen molar-refractivity contribution in [2.24, 2.45) is 11.3 Å². The van der Waals surface area contributed by atoms with Gasteiger partial charge in [-0.3, -0.25) is 4.79 Å². The molecule has 0 N–H and O–H groups in total. The van der Waals surface area contributed by atoms with Crippen molar-refractivity contribution >= 4 is 5.78 Å². The second-order valence-corrected chi connectivity index (χ2v) is 7.03. The van der Waals surface area contributed by atoms with Gasteiger partial charge in [0.05, 0.1) is 0 Å². The number of hydrogen-bond acceptors (Lipinski definition) is 1. The average Bonchev–Trinajstić information content (AvgIpc) is 2.26. The Morgan fingerprint density at radius 2 is 1.39 bits per heavy atom. The van der Waals surface area contributed by atoms with Gasteiger partial charge < -0.3 is 0 Å². The molecule has 1 rings (SSSR count). The van der Waals surface area contributed by atoms with Gasteiger partial charge in [0.25, 0.3) is 0 Å². The van der Waals surface area contributed by atoms with Gasteiger partial charge in [0.1, 0.15) is 0 Å². The van der Waals surface area contributed by atoms with Gasteiger partial charge in [-0.2, -0.15) is 0 Å². The summed E-state index contributed by atoms with van der Waals surface area (Å²) in [6, 6.07) is 8.08. The van der Waals surface area contributed by atoms with Gasteiger partial charge in [-0.25, -0.2) is 0 Å². The third-order valence-corrected chi connectivity index (χ3v) is 4.04. The third-order valence-electron chi connectivity index (χ3n) is 4.04. The molecular formula is C17H26O. The van der Waals surface area contributed by atoms with Gasteiger partial charge in [-0.15, -0.1) is 0 Å². The zero-order valence-corrected chi connectivity index (χ0v) is 12.8. The first-order valence-electron chi connectivity index (χ1n) is 6.72. The molecule has 100 valence electrons. The zero-order valence-electron chi connectivity index (χ0n) is 12.8. The molecule has 0 amide bonds. The van der Waals surface area contributed by atoms with E-state index in [0.717, 1.165) is 5.56 Å². The number of carbonyl (C=O) groups excluding carboxylic acids is 1. The van der Waals surface area contributed by atoms with E-state index in [1.54, 1.807) is 0 Å². The molecule has 1 nitrogen and oxygen atoms in total. The summed E-state index contributed by atoms with van der Waals surface area (Å²) in [6.45, 7) is 14.8. The predicted octanol–water partition coefficient (Wildman–Crippen LogP) is 4.85. The van der Waals surface area contributed by atoms with Crippen LogP contribution in [0.15, 0.2) is 24.3 Å². The number of hydrogen-bond donors (Lipinski definition) is 0. The van der Waals surface area contributed by atoms with Crippen LogP contribution in [0, 0.1) is 11.3 Å². The van der Waals surface area contributed by atoms with Crippen LogP contribution in [0.3, 0.4) is 0 Å². The SMILES string of the molecule is CC(C)C(C)(C)C(=O)c1ccc(C(C)(C)C)cc1. The average molecular weight is 246 g/mol. The first-order chi connectivity index (χ1) is 8.06. The second-order valence-electron chi connectivity index (χ2n) is 7.03. The van der Waals surface area contributed by atoms with Crippen molar-refractivity contribution in [2.45, 2.75) is 53.9 Å². The first-order valence-corrected chi connectivity index (χ1v) is 6.72. The van der Waals surface area contributed by atoms with E-state index in [0.29, 0.717) is 5.92 Å². The minimum absolute atomic E-state index is 0.134. The molecule has 1 heteroatoms. The Hall–Kier alpha value is -1.11. The number of Topliss-reactive ketones (excluding diaryl/α,β-unsaturated/α-hetero) is 1. The lowest BCUT2D eigenvalue weighted by molar-refractivity contribution is 0.0772. The number of rotatable bonds is 3. The predicted molar refractivity (Wildman–Crippen MR) is 78.1 cm³/mol. The standard InChI is InChI=1S/C17H26O/c1-12(2)17(6,7)15(18)13-8-10-14(11-9-13)16(3,4)5/h8-12H,1-7H3. The fraction of sp³-hybridized carbons (Fsp3) is 0.588. The van der Waals surface area contributed by atoms with E-state index in [-0.39, 0.29) is 16.6 Å². The van der Waals surface area contributed by atoms with Gasteiger partial charge in [0, 0.05) is 11.0 Å². The highest BCUT2D eigenvalue weighted by atomic mass is 16.1. The van der Waals surface area contributed by atoms with Gasteiger partial charge in [-0.05, 0) is 16.9 Å². The van der Waals surface area contributed by atoms with Gasteiger partial charge >= 0.3 is 0 Å². The highest BCUT2D eigenvalue weighted by molar-refractivity contribution is 6.00. The second kappa shape index (κ2) is 4.87. The maximum Gasteiger partial charge on any atom is 0.168 e. The molecule has 0 aliphatic heterocycles. The Labute approximate surface area is 112 Å². The summed E-state index contributed by atoms with van der Waals surface area (Å²) in [7, 11) is 0. The van der Waals surface area contributed by atoms with Crippen LogP contribution in [0.1, 0.15) is 64.4 Å². The molecule has 0 heterocycles. The lowest BCUT2D eigenvalue weighted by Crippen LogP contribution is -2.30. The summed E-state index contributed by atoms with van der Waals surface area (Å²) in [5.41, 5.74) is 1.92. The topological polar surface area (TPSA) is 17.1 Å². The maximum absolute atomic E-state index is 12.5. The summed E-state index contributed by atoms with van der Waals surface area (Å²) in [6.07, 6.45) is 0. The molecule has 18 heavy (non-hydrogen) atoms. The molecule has 0 radical (unpaired) electrons. The van der Waals surface area contributed by atoms with Crippen LogP contribution < -0.4 is 0 Å². The van der Waals surface area contributed by atoms with Crippen molar-refractivity contribution in [1.82, 2.24) is 0 Å². The van der Waals surface area contributed by atoms with Crippen molar-refractivity contribution < 1.29 is 4.79 Å². The molecule has 0 spiro atoms. The first kappa shape index (κ1) is 14.9. The van der Waals surface area contributed by atoms with E-state index in [2.05, 4.69) is 46.8 Å². The normalized spacial score (nSPS) is 12.9. The largest absolute Gasteiger partial charge is 0.294 e. The lowest BCUT2D eigenvalue weighted by Gasteiger charge is -2.28. The fourth-order valence-electron chi connectivity index (χ4n) is 1.76. The van der Waals surface area contributed by atoms with Crippen LogP contribution in [0.2, 0.25) is 0 Å². The van der Waals surface area contributed by atoms with E-state index in [9.17, 15) is 4.79 Å². The number of carbonyl (C=O) groups is 1. The van der Waals surface area contributed by atoms with Gasteiger partial charge in [-0.1, -0.05) is 72.7 Å². The van der Waals surface area contributed by atoms with E-state index >= 15 is 0 Å².